The molecular formula is C16H18N6O2S2. The highest BCUT2D eigenvalue weighted by molar-refractivity contribution is 7.71. The van der Waals surface area contributed by atoms with E-state index >= 15 is 0 Å². The van der Waals surface area contributed by atoms with Crippen LogP contribution in [0, 0.1) is 11.7 Å². The highest BCUT2D eigenvalue weighted by Crippen LogP contribution is 2.21. The highest BCUT2D eigenvalue weighted by Gasteiger charge is 2.12. The molecule has 10 heteroatoms. The Balaban J connectivity index is 1.69. The number of aromatic amines is 1. The van der Waals surface area contributed by atoms with Crippen LogP contribution >= 0.6 is 23.6 Å². The predicted octanol–water partition coefficient (Wildman–Crippen LogP) is 3.20. The second-order valence-corrected chi connectivity index (χ2v) is 6.95. The molecule has 1 amide bonds. The van der Waals surface area contributed by atoms with E-state index in [-0.39, 0.29) is 12.3 Å². The van der Waals surface area contributed by atoms with E-state index in [0.717, 1.165) is 16.3 Å². The minimum atomic E-state index is -0.151. The molecule has 0 saturated heterocycles. The Morgan fingerprint density at radius 2 is 2.12 bits per heavy atom. The highest BCUT2D eigenvalue weighted by atomic mass is 32.1. The van der Waals surface area contributed by atoms with Crippen molar-refractivity contribution < 1.29 is 9.53 Å². The van der Waals surface area contributed by atoms with Crippen LogP contribution in [0.1, 0.15) is 18.4 Å². The van der Waals surface area contributed by atoms with E-state index < -0.39 is 0 Å². The monoisotopic (exact) mass is 390 g/mol. The summed E-state index contributed by atoms with van der Waals surface area (Å²) in [7, 11) is 0. The van der Waals surface area contributed by atoms with Gasteiger partial charge < -0.3 is 10.1 Å². The molecule has 0 saturated carbocycles. The number of H-pyrrole nitrogens is 1. The van der Waals surface area contributed by atoms with Crippen molar-refractivity contribution in [3.05, 3.63) is 34.0 Å². The van der Waals surface area contributed by atoms with Crippen molar-refractivity contribution in [3.8, 4) is 17.1 Å². The SMILES string of the molecule is CCOc1ccc(-c2n[nH]c(=S)n2CCC(=O)Nc2nnc(C)s2)cc1. The number of benzene rings is 1. The fourth-order valence-corrected chi connectivity index (χ4v) is 3.19. The van der Waals surface area contributed by atoms with Crippen LogP contribution in [-0.2, 0) is 11.3 Å². The number of carbonyl (C=O) groups is 1. The maximum Gasteiger partial charge on any atom is 0.227 e. The third-order valence-electron chi connectivity index (χ3n) is 3.52. The molecule has 0 atom stereocenters. The smallest absolute Gasteiger partial charge is 0.227 e. The third-order valence-corrected chi connectivity index (χ3v) is 4.58. The van der Waals surface area contributed by atoms with Gasteiger partial charge in [-0.05, 0) is 50.3 Å². The number of hydrogen-bond donors (Lipinski definition) is 2. The molecule has 0 aliphatic rings. The van der Waals surface area contributed by atoms with Gasteiger partial charge in [-0.3, -0.25) is 14.5 Å². The Kier molecular flexibility index (Phi) is 5.74. The van der Waals surface area contributed by atoms with Gasteiger partial charge in [0.05, 0.1) is 6.61 Å². The molecule has 2 N–H and O–H groups in total. The van der Waals surface area contributed by atoms with E-state index in [9.17, 15) is 4.79 Å². The van der Waals surface area contributed by atoms with Crippen molar-refractivity contribution in [2.45, 2.75) is 26.8 Å². The fourth-order valence-electron chi connectivity index (χ4n) is 2.35. The van der Waals surface area contributed by atoms with Crippen LogP contribution in [-0.4, -0.2) is 37.5 Å². The summed E-state index contributed by atoms with van der Waals surface area (Å²) in [6, 6.07) is 7.59. The number of anilines is 1. The summed E-state index contributed by atoms with van der Waals surface area (Å²) < 4.78 is 7.72. The number of ether oxygens (including phenoxy) is 1. The van der Waals surface area contributed by atoms with Crippen molar-refractivity contribution in [2.24, 2.45) is 0 Å². The van der Waals surface area contributed by atoms with Gasteiger partial charge in [-0.1, -0.05) is 11.3 Å². The van der Waals surface area contributed by atoms with E-state index in [0.29, 0.717) is 28.9 Å². The van der Waals surface area contributed by atoms with E-state index in [1.165, 1.54) is 11.3 Å². The molecule has 26 heavy (non-hydrogen) atoms. The van der Waals surface area contributed by atoms with Gasteiger partial charge in [0, 0.05) is 18.5 Å². The first-order chi connectivity index (χ1) is 12.6. The standard InChI is InChI=1S/C16H18N6O2S2/c1-3-24-12-6-4-11(5-7-12)14-19-21-16(25)22(14)9-8-13(23)17-15-20-18-10(2)26-15/h4-7H,3,8-9H2,1-2H3,(H,21,25)(H,17,20,23). The lowest BCUT2D eigenvalue weighted by molar-refractivity contribution is -0.116. The number of aromatic nitrogens is 5. The molecule has 0 unspecified atom stereocenters. The zero-order chi connectivity index (χ0) is 18.5. The maximum absolute atomic E-state index is 12.1. The van der Waals surface area contributed by atoms with Gasteiger partial charge in [-0.25, -0.2) is 0 Å². The van der Waals surface area contributed by atoms with Crippen molar-refractivity contribution in [1.82, 2.24) is 25.0 Å². The largest absolute Gasteiger partial charge is 0.494 e. The van der Waals surface area contributed by atoms with Gasteiger partial charge in [-0.15, -0.1) is 10.2 Å². The molecule has 3 rings (SSSR count). The zero-order valence-electron chi connectivity index (χ0n) is 14.4. The number of hydrogen-bond acceptors (Lipinski definition) is 7. The van der Waals surface area contributed by atoms with Crippen LogP contribution in [0.15, 0.2) is 24.3 Å². The summed E-state index contributed by atoms with van der Waals surface area (Å²) >= 11 is 6.63. The number of carbonyl (C=O) groups excluding carboxylic acids is 1. The van der Waals surface area contributed by atoms with Crippen LogP contribution in [0.5, 0.6) is 5.75 Å². The molecule has 2 heterocycles. The molecule has 0 spiro atoms. The number of aryl methyl sites for hydroxylation is 1. The molecule has 0 fully saturated rings. The van der Waals surface area contributed by atoms with Crippen molar-refractivity contribution in [2.75, 3.05) is 11.9 Å². The second kappa shape index (κ2) is 8.19. The average molecular weight is 390 g/mol. The normalized spacial score (nSPS) is 10.7. The molecule has 0 bridgehead atoms. The molecule has 136 valence electrons. The molecule has 0 aliphatic heterocycles. The summed E-state index contributed by atoms with van der Waals surface area (Å²) in [5.41, 5.74) is 0.890. The van der Waals surface area contributed by atoms with E-state index in [2.05, 4.69) is 25.7 Å². The predicted molar refractivity (Wildman–Crippen MR) is 102 cm³/mol. The Morgan fingerprint density at radius 3 is 2.77 bits per heavy atom. The molecule has 2 aromatic heterocycles. The van der Waals surface area contributed by atoms with E-state index in [4.69, 9.17) is 17.0 Å². The first-order valence-corrected chi connectivity index (χ1v) is 9.27. The zero-order valence-corrected chi connectivity index (χ0v) is 16.0. The Bertz CT molecular complexity index is 944. The summed E-state index contributed by atoms with van der Waals surface area (Å²) in [5.74, 6) is 1.32. The number of nitrogens with zero attached hydrogens (tertiary/aromatic N) is 4. The second-order valence-electron chi connectivity index (χ2n) is 5.39. The van der Waals surface area contributed by atoms with Gasteiger partial charge in [0.15, 0.2) is 10.6 Å². The lowest BCUT2D eigenvalue weighted by Gasteiger charge is -2.08. The van der Waals surface area contributed by atoms with Crippen molar-refractivity contribution in [3.63, 3.8) is 0 Å². The molecule has 8 nitrogen and oxygen atoms in total. The maximum atomic E-state index is 12.1. The first-order valence-electron chi connectivity index (χ1n) is 8.05. The first kappa shape index (κ1) is 18.2. The minimum absolute atomic E-state index is 0.151. The fraction of sp³-hybridized carbons (Fsp3) is 0.312. The lowest BCUT2D eigenvalue weighted by atomic mass is 10.2. The summed E-state index contributed by atoms with van der Waals surface area (Å²) in [5, 5.41) is 18.9. The van der Waals surface area contributed by atoms with Crippen LogP contribution in [0.2, 0.25) is 0 Å². The van der Waals surface area contributed by atoms with Crippen LogP contribution in [0.25, 0.3) is 11.4 Å². The molecule has 1 aromatic carbocycles. The average Bonchev–Trinajstić information content (AvgIpc) is 3.19. The number of nitrogens with one attached hydrogen (secondary N) is 2. The van der Waals surface area contributed by atoms with Gasteiger partial charge in [0.1, 0.15) is 10.8 Å². The molecule has 3 aromatic rings. The summed E-state index contributed by atoms with van der Waals surface area (Å²) in [6.45, 7) is 4.79. The molecular weight excluding hydrogens is 372 g/mol. The Hall–Kier alpha value is -2.59. The lowest BCUT2D eigenvalue weighted by Crippen LogP contribution is -2.15. The van der Waals surface area contributed by atoms with Gasteiger partial charge >= 0.3 is 0 Å². The van der Waals surface area contributed by atoms with Gasteiger partial charge in [-0.2, -0.15) is 5.10 Å². The number of rotatable bonds is 7. The number of amides is 1. The Labute approximate surface area is 159 Å². The van der Waals surface area contributed by atoms with Gasteiger partial charge in [0.2, 0.25) is 11.0 Å². The van der Waals surface area contributed by atoms with Crippen LogP contribution in [0.4, 0.5) is 5.13 Å². The van der Waals surface area contributed by atoms with Crippen LogP contribution in [0.3, 0.4) is 0 Å². The van der Waals surface area contributed by atoms with Crippen molar-refractivity contribution >= 4 is 34.6 Å². The van der Waals surface area contributed by atoms with E-state index in [1.807, 2.05) is 38.1 Å². The van der Waals surface area contributed by atoms with E-state index in [1.54, 1.807) is 4.57 Å². The van der Waals surface area contributed by atoms with Crippen LogP contribution < -0.4 is 10.1 Å². The summed E-state index contributed by atoms with van der Waals surface area (Å²) in [4.78, 5) is 12.1. The molecule has 0 aliphatic carbocycles. The quantitative estimate of drug-likeness (QED) is 0.601. The molecule has 0 radical (unpaired) electrons. The van der Waals surface area contributed by atoms with Crippen molar-refractivity contribution in [1.29, 1.82) is 0 Å². The minimum Gasteiger partial charge on any atom is -0.494 e. The third kappa shape index (κ3) is 4.33. The van der Waals surface area contributed by atoms with Gasteiger partial charge in [0.25, 0.3) is 0 Å². The summed E-state index contributed by atoms with van der Waals surface area (Å²) in [6.07, 6.45) is 0.247. The Morgan fingerprint density at radius 1 is 1.35 bits per heavy atom. The topological polar surface area (TPSA) is 97.7 Å².